The Labute approximate surface area is 83.1 Å². The van der Waals surface area contributed by atoms with Crippen molar-refractivity contribution in [3.63, 3.8) is 0 Å². The second-order valence-corrected chi connectivity index (χ2v) is 3.88. The van der Waals surface area contributed by atoms with Gasteiger partial charge in [0.2, 0.25) is 0 Å². The van der Waals surface area contributed by atoms with Crippen LogP contribution in [0.3, 0.4) is 0 Å². The molecule has 76 valence electrons. The van der Waals surface area contributed by atoms with E-state index in [1.165, 1.54) is 0 Å². The highest BCUT2D eigenvalue weighted by Crippen LogP contribution is 2.24. The summed E-state index contributed by atoms with van der Waals surface area (Å²) in [6.07, 6.45) is 4.25. The molecule has 0 atom stereocenters. The zero-order chi connectivity index (χ0) is 9.97. The first-order chi connectivity index (χ1) is 6.78. The van der Waals surface area contributed by atoms with Crippen molar-refractivity contribution < 1.29 is 4.79 Å². The number of aromatic nitrogens is 2. The Kier molecular flexibility index (Phi) is 2.63. The van der Waals surface area contributed by atoms with Crippen molar-refractivity contribution in [3.05, 3.63) is 18.0 Å². The molecule has 1 heterocycles. The first-order valence-corrected chi connectivity index (χ1v) is 5.02. The molecular weight excluding hydrogens is 178 g/mol. The van der Waals surface area contributed by atoms with Crippen molar-refractivity contribution in [2.24, 2.45) is 11.7 Å². The van der Waals surface area contributed by atoms with E-state index in [2.05, 4.69) is 5.10 Å². The molecule has 1 aromatic heterocycles. The maximum atomic E-state index is 10.8. The highest BCUT2D eigenvalue weighted by atomic mass is 16.1. The Bertz CT molecular complexity index is 324. The van der Waals surface area contributed by atoms with Crippen molar-refractivity contribution in [1.29, 1.82) is 0 Å². The molecule has 2 rings (SSSR count). The van der Waals surface area contributed by atoms with Crippen LogP contribution in [0.25, 0.3) is 0 Å². The lowest BCUT2D eigenvalue weighted by Gasteiger charge is -2.23. The Morgan fingerprint density at radius 1 is 1.57 bits per heavy atom. The number of carbonyl (C=O) groups excluding carboxylic acids is 1. The molecule has 0 radical (unpaired) electrons. The monoisotopic (exact) mass is 193 g/mol. The molecule has 1 aromatic rings. The van der Waals surface area contributed by atoms with Crippen molar-refractivity contribution in [2.75, 3.05) is 6.54 Å². The maximum absolute atomic E-state index is 10.8. The molecule has 0 aliphatic heterocycles. The number of carbonyl (C=O) groups is 1. The molecule has 0 amide bonds. The Morgan fingerprint density at radius 3 is 3.00 bits per heavy atom. The molecular formula is C10H15N3O. The third-order valence-electron chi connectivity index (χ3n) is 2.57. The van der Waals surface area contributed by atoms with Crippen LogP contribution in [0.2, 0.25) is 0 Å². The van der Waals surface area contributed by atoms with Crippen LogP contribution in [0.15, 0.2) is 12.3 Å². The van der Waals surface area contributed by atoms with E-state index in [1.54, 1.807) is 0 Å². The second-order valence-electron chi connectivity index (χ2n) is 3.88. The van der Waals surface area contributed by atoms with Crippen LogP contribution in [0.1, 0.15) is 18.5 Å². The average molecular weight is 193 g/mol. The van der Waals surface area contributed by atoms with Gasteiger partial charge < -0.3 is 5.73 Å². The van der Waals surface area contributed by atoms with E-state index in [-0.39, 0.29) is 0 Å². The average Bonchev–Trinajstić information content (AvgIpc) is 2.51. The summed E-state index contributed by atoms with van der Waals surface area (Å²) in [5.74, 6) is 0.887. The summed E-state index contributed by atoms with van der Waals surface area (Å²) in [5.41, 5.74) is 6.47. The van der Waals surface area contributed by atoms with Gasteiger partial charge in [0.05, 0.1) is 5.69 Å². The predicted octanol–water partition coefficient (Wildman–Crippen LogP) is 0.363. The van der Waals surface area contributed by atoms with Crippen molar-refractivity contribution in [1.82, 2.24) is 9.78 Å². The smallest absolute Gasteiger partial charge is 0.133 e. The van der Waals surface area contributed by atoms with E-state index in [9.17, 15) is 4.79 Å². The number of hydrogen-bond donors (Lipinski definition) is 1. The van der Waals surface area contributed by atoms with Crippen LogP contribution in [0, 0.1) is 5.92 Å². The zero-order valence-corrected chi connectivity index (χ0v) is 8.15. The molecule has 1 aliphatic carbocycles. The summed E-state index contributed by atoms with van der Waals surface area (Å²) < 4.78 is 1.92. The number of hydrogen-bond acceptors (Lipinski definition) is 3. The summed E-state index contributed by atoms with van der Waals surface area (Å²) in [7, 11) is 0. The van der Waals surface area contributed by atoms with Gasteiger partial charge in [0.25, 0.3) is 0 Å². The van der Waals surface area contributed by atoms with Gasteiger partial charge in [-0.05, 0) is 18.5 Å². The summed E-state index contributed by atoms with van der Waals surface area (Å²) in [6, 6.07) is 1.99. The van der Waals surface area contributed by atoms with Crippen LogP contribution in [-0.2, 0) is 17.8 Å². The van der Waals surface area contributed by atoms with Crippen LogP contribution < -0.4 is 5.73 Å². The van der Waals surface area contributed by atoms with Gasteiger partial charge in [-0.3, -0.25) is 9.48 Å². The molecule has 0 unspecified atom stereocenters. The van der Waals surface area contributed by atoms with Gasteiger partial charge >= 0.3 is 0 Å². The Morgan fingerprint density at radius 2 is 2.36 bits per heavy atom. The number of ketones is 1. The molecule has 0 bridgehead atoms. The van der Waals surface area contributed by atoms with Crippen molar-refractivity contribution in [3.8, 4) is 0 Å². The first-order valence-electron chi connectivity index (χ1n) is 5.02. The van der Waals surface area contributed by atoms with E-state index < -0.39 is 0 Å². The third kappa shape index (κ3) is 2.01. The molecule has 4 nitrogen and oxygen atoms in total. The minimum atomic E-state index is 0.379. The van der Waals surface area contributed by atoms with Crippen LogP contribution in [0.4, 0.5) is 0 Å². The third-order valence-corrected chi connectivity index (χ3v) is 2.57. The molecule has 0 saturated heterocycles. The maximum Gasteiger partial charge on any atom is 0.133 e. The van der Waals surface area contributed by atoms with E-state index in [4.69, 9.17) is 5.73 Å². The second kappa shape index (κ2) is 3.92. The van der Waals surface area contributed by atoms with Gasteiger partial charge in [0.1, 0.15) is 5.78 Å². The highest BCUT2D eigenvalue weighted by Gasteiger charge is 2.26. The molecule has 1 saturated carbocycles. The van der Waals surface area contributed by atoms with Gasteiger partial charge in [0, 0.05) is 32.0 Å². The fourth-order valence-corrected chi connectivity index (χ4v) is 1.76. The quantitative estimate of drug-likeness (QED) is 0.751. The van der Waals surface area contributed by atoms with E-state index in [0.29, 0.717) is 18.2 Å². The van der Waals surface area contributed by atoms with Gasteiger partial charge in [-0.2, -0.15) is 5.10 Å². The summed E-state index contributed by atoms with van der Waals surface area (Å²) >= 11 is 0. The summed E-state index contributed by atoms with van der Waals surface area (Å²) in [4.78, 5) is 10.8. The van der Waals surface area contributed by atoms with Gasteiger partial charge in [0.15, 0.2) is 0 Å². The van der Waals surface area contributed by atoms with E-state index in [0.717, 1.165) is 31.5 Å². The Hall–Kier alpha value is -1.16. The molecule has 1 fully saturated rings. The van der Waals surface area contributed by atoms with Crippen LogP contribution in [-0.4, -0.2) is 22.1 Å². The van der Waals surface area contributed by atoms with Gasteiger partial charge in [-0.25, -0.2) is 0 Å². The molecule has 4 heteroatoms. The normalized spacial score (nSPS) is 17.1. The van der Waals surface area contributed by atoms with Crippen LogP contribution >= 0.6 is 0 Å². The number of Topliss-reactive ketones (excluding diaryl/α,β-unsaturated/α-hetero) is 1. The molecule has 14 heavy (non-hydrogen) atoms. The minimum Gasteiger partial charge on any atom is -0.330 e. The lowest BCUT2D eigenvalue weighted by Crippen LogP contribution is -2.27. The lowest BCUT2D eigenvalue weighted by atomic mass is 9.84. The summed E-state index contributed by atoms with van der Waals surface area (Å²) in [5, 5.41) is 4.37. The molecule has 1 aliphatic rings. The SMILES string of the molecule is NCCc1ccn(CC2CC(=O)C2)n1. The van der Waals surface area contributed by atoms with Crippen LogP contribution in [0.5, 0.6) is 0 Å². The van der Waals surface area contributed by atoms with E-state index >= 15 is 0 Å². The van der Waals surface area contributed by atoms with Gasteiger partial charge in [-0.1, -0.05) is 0 Å². The number of nitrogens with two attached hydrogens (primary N) is 1. The first kappa shape index (κ1) is 9.40. The van der Waals surface area contributed by atoms with Crippen molar-refractivity contribution >= 4 is 5.78 Å². The lowest BCUT2D eigenvalue weighted by molar-refractivity contribution is -0.127. The molecule has 0 spiro atoms. The van der Waals surface area contributed by atoms with Crippen molar-refractivity contribution in [2.45, 2.75) is 25.8 Å². The fourth-order valence-electron chi connectivity index (χ4n) is 1.76. The van der Waals surface area contributed by atoms with Gasteiger partial charge in [-0.15, -0.1) is 0 Å². The molecule has 2 N–H and O–H groups in total. The Balaban J connectivity index is 1.87. The standard InChI is InChI=1S/C10H15N3O/c11-3-1-9-2-4-13(12-9)7-8-5-10(14)6-8/h2,4,8H,1,3,5-7,11H2. The summed E-state index contributed by atoms with van der Waals surface area (Å²) in [6.45, 7) is 1.51. The molecule has 0 aromatic carbocycles. The zero-order valence-electron chi connectivity index (χ0n) is 8.15. The highest BCUT2D eigenvalue weighted by molar-refractivity contribution is 5.84. The largest absolute Gasteiger partial charge is 0.330 e. The predicted molar refractivity (Wildman–Crippen MR) is 52.7 cm³/mol. The topological polar surface area (TPSA) is 60.9 Å². The number of rotatable bonds is 4. The number of nitrogens with zero attached hydrogens (tertiary/aromatic N) is 2. The van der Waals surface area contributed by atoms with E-state index in [1.807, 2.05) is 16.9 Å². The fraction of sp³-hybridized carbons (Fsp3) is 0.600. The minimum absolute atomic E-state index is 0.379.